The van der Waals surface area contributed by atoms with E-state index in [1.165, 1.54) is 0 Å². The lowest BCUT2D eigenvalue weighted by molar-refractivity contribution is 0.0819. The summed E-state index contributed by atoms with van der Waals surface area (Å²) in [5.41, 5.74) is 1.76. The van der Waals surface area contributed by atoms with E-state index >= 15 is 0 Å². The van der Waals surface area contributed by atoms with Crippen molar-refractivity contribution in [1.29, 1.82) is 0 Å². The minimum Gasteiger partial charge on any atom is -0.313 e. The molecule has 1 unspecified atom stereocenters. The molecule has 0 bridgehead atoms. The minimum atomic E-state index is -0.254. The summed E-state index contributed by atoms with van der Waals surface area (Å²) in [6, 6.07) is 5.11. The highest BCUT2D eigenvalue weighted by Gasteiger charge is 2.26. The molecular formula is C13H16N4O2. The van der Waals surface area contributed by atoms with Crippen molar-refractivity contribution < 1.29 is 4.79 Å². The van der Waals surface area contributed by atoms with Gasteiger partial charge >= 0.3 is 5.69 Å². The van der Waals surface area contributed by atoms with Crippen LogP contribution in [0.15, 0.2) is 23.0 Å². The molecule has 1 aliphatic heterocycles. The predicted octanol–water partition coefficient (Wildman–Crippen LogP) is -0.0575. The Hall–Kier alpha value is -1.92. The number of rotatable bonds is 2. The molecule has 2 aromatic rings. The molecule has 0 spiro atoms. The zero-order valence-electron chi connectivity index (χ0n) is 10.7. The van der Waals surface area contributed by atoms with Gasteiger partial charge in [-0.15, -0.1) is 0 Å². The summed E-state index contributed by atoms with van der Waals surface area (Å²) in [6.07, 6.45) is 0. The van der Waals surface area contributed by atoms with Gasteiger partial charge in [0.05, 0.1) is 17.1 Å². The van der Waals surface area contributed by atoms with Crippen LogP contribution in [0.2, 0.25) is 0 Å². The number of hydrogen-bond donors (Lipinski definition) is 3. The number of nitrogens with one attached hydrogen (secondary N) is 3. The number of nitrogens with zero attached hydrogens (tertiary/aromatic N) is 1. The number of likely N-dealkylation sites (N-methyl/N-ethyl adjacent to an activating group) is 1. The maximum Gasteiger partial charge on any atom is 0.323 e. The first-order valence-electron chi connectivity index (χ1n) is 6.32. The Balaban J connectivity index is 1.94. The Morgan fingerprint density at radius 1 is 1.32 bits per heavy atom. The van der Waals surface area contributed by atoms with E-state index in [0.717, 1.165) is 18.6 Å². The van der Waals surface area contributed by atoms with Gasteiger partial charge in [-0.3, -0.25) is 9.69 Å². The standard InChI is InChI=1S/C13H16N4O2/c1-17-5-4-14-7-11(17)12(18)8-2-3-9-10(6-8)16-13(19)15-9/h2-3,6,11,14H,4-5,7H2,1H3,(H2,15,16,19). The number of benzene rings is 1. The smallest absolute Gasteiger partial charge is 0.313 e. The fourth-order valence-electron chi connectivity index (χ4n) is 2.48. The van der Waals surface area contributed by atoms with Crippen molar-refractivity contribution in [2.75, 3.05) is 26.7 Å². The highest BCUT2D eigenvalue weighted by atomic mass is 16.1. The number of H-pyrrole nitrogens is 2. The summed E-state index contributed by atoms with van der Waals surface area (Å²) in [7, 11) is 1.96. The van der Waals surface area contributed by atoms with Crippen LogP contribution >= 0.6 is 0 Å². The van der Waals surface area contributed by atoms with Gasteiger partial charge in [0.2, 0.25) is 0 Å². The summed E-state index contributed by atoms with van der Waals surface area (Å²) in [4.78, 5) is 31.1. The minimum absolute atomic E-state index is 0.0821. The van der Waals surface area contributed by atoms with Crippen molar-refractivity contribution in [3.05, 3.63) is 34.2 Å². The average Bonchev–Trinajstić information content (AvgIpc) is 2.77. The van der Waals surface area contributed by atoms with Crippen molar-refractivity contribution in [3.63, 3.8) is 0 Å². The third-order valence-corrected chi connectivity index (χ3v) is 3.61. The second-order valence-corrected chi connectivity index (χ2v) is 4.90. The number of hydrogen-bond acceptors (Lipinski definition) is 4. The normalized spacial score (nSPS) is 20.8. The first kappa shape index (κ1) is 12.1. The molecule has 1 atom stereocenters. The van der Waals surface area contributed by atoms with E-state index in [1.807, 2.05) is 7.05 Å². The molecule has 19 heavy (non-hydrogen) atoms. The van der Waals surface area contributed by atoms with Crippen LogP contribution in [0.5, 0.6) is 0 Å². The van der Waals surface area contributed by atoms with Crippen LogP contribution in [-0.2, 0) is 0 Å². The zero-order chi connectivity index (χ0) is 13.4. The molecular weight excluding hydrogens is 244 g/mol. The van der Waals surface area contributed by atoms with Crippen LogP contribution in [0.3, 0.4) is 0 Å². The number of carbonyl (C=O) groups is 1. The van der Waals surface area contributed by atoms with Crippen LogP contribution in [0.1, 0.15) is 10.4 Å². The quantitative estimate of drug-likeness (QED) is 0.661. The van der Waals surface area contributed by atoms with Gasteiger partial charge in [0.25, 0.3) is 0 Å². The van der Waals surface area contributed by atoms with Crippen LogP contribution in [0, 0.1) is 0 Å². The van der Waals surface area contributed by atoms with Gasteiger partial charge in [0.15, 0.2) is 5.78 Å². The zero-order valence-corrected chi connectivity index (χ0v) is 10.7. The molecule has 6 nitrogen and oxygen atoms in total. The average molecular weight is 260 g/mol. The Kier molecular flexibility index (Phi) is 2.96. The molecule has 1 saturated heterocycles. The first-order valence-corrected chi connectivity index (χ1v) is 6.32. The lowest BCUT2D eigenvalue weighted by Gasteiger charge is -2.31. The third-order valence-electron chi connectivity index (χ3n) is 3.61. The predicted molar refractivity (Wildman–Crippen MR) is 72.5 cm³/mol. The van der Waals surface area contributed by atoms with Crippen molar-refractivity contribution in [1.82, 2.24) is 20.2 Å². The number of imidazole rings is 1. The van der Waals surface area contributed by atoms with Crippen molar-refractivity contribution in [2.24, 2.45) is 0 Å². The number of aromatic amines is 2. The lowest BCUT2D eigenvalue weighted by Crippen LogP contribution is -2.53. The fourth-order valence-corrected chi connectivity index (χ4v) is 2.48. The Bertz CT molecular complexity index is 673. The van der Waals surface area contributed by atoms with Gasteiger partial charge in [-0.25, -0.2) is 4.79 Å². The van der Waals surface area contributed by atoms with Gasteiger partial charge < -0.3 is 15.3 Å². The molecule has 0 saturated carbocycles. The largest absolute Gasteiger partial charge is 0.323 e. The summed E-state index contributed by atoms with van der Waals surface area (Å²) in [5.74, 6) is 0.0821. The first-order chi connectivity index (χ1) is 9.15. The Labute approximate surface area is 109 Å². The van der Waals surface area contributed by atoms with Crippen molar-refractivity contribution in [3.8, 4) is 0 Å². The number of fused-ring (bicyclic) bond motifs is 1. The molecule has 3 N–H and O–H groups in total. The molecule has 1 aromatic heterocycles. The molecule has 6 heteroatoms. The monoisotopic (exact) mass is 260 g/mol. The molecule has 0 amide bonds. The van der Waals surface area contributed by atoms with E-state index in [0.29, 0.717) is 17.6 Å². The molecule has 0 radical (unpaired) electrons. The van der Waals surface area contributed by atoms with Gasteiger partial charge in [-0.05, 0) is 25.2 Å². The Morgan fingerprint density at radius 3 is 2.89 bits per heavy atom. The van der Waals surface area contributed by atoms with Gasteiger partial charge in [-0.1, -0.05) is 0 Å². The van der Waals surface area contributed by atoms with Crippen LogP contribution in [0.25, 0.3) is 11.0 Å². The molecule has 100 valence electrons. The van der Waals surface area contributed by atoms with Gasteiger partial charge in [0, 0.05) is 25.2 Å². The second kappa shape index (κ2) is 4.64. The number of aromatic nitrogens is 2. The highest BCUT2D eigenvalue weighted by Crippen LogP contribution is 2.14. The van der Waals surface area contributed by atoms with Gasteiger partial charge in [-0.2, -0.15) is 0 Å². The number of ketones is 1. The fraction of sp³-hybridized carbons (Fsp3) is 0.385. The van der Waals surface area contributed by atoms with Crippen LogP contribution < -0.4 is 11.0 Å². The second-order valence-electron chi connectivity index (χ2n) is 4.90. The van der Waals surface area contributed by atoms with E-state index < -0.39 is 0 Å². The van der Waals surface area contributed by atoms with Gasteiger partial charge in [0.1, 0.15) is 0 Å². The van der Waals surface area contributed by atoms with Crippen molar-refractivity contribution >= 4 is 16.8 Å². The maximum absolute atomic E-state index is 12.5. The van der Waals surface area contributed by atoms with E-state index in [-0.39, 0.29) is 17.5 Å². The molecule has 1 fully saturated rings. The molecule has 3 rings (SSSR count). The van der Waals surface area contributed by atoms with E-state index in [1.54, 1.807) is 18.2 Å². The van der Waals surface area contributed by atoms with Crippen LogP contribution in [-0.4, -0.2) is 53.4 Å². The van der Waals surface area contributed by atoms with E-state index in [2.05, 4.69) is 20.2 Å². The molecule has 2 heterocycles. The number of carbonyl (C=O) groups excluding carboxylic acids is 1. The van der Waals surface area contributed by atoms with E-state index in [9.17, 15) is 9.59 Å². The van der Waals surface area contributed by atoms with Crippen LogP contribution in [0.4, 0.5) is 0 Å². The molecule has 0 aliphatic carbocycles. The lowest BCUT2D eigenvalue weighted by atomic mass is 10.0. The number of Topliss-reactive ketones (excluding diaryl/α,β-unsaturated/α-hetero) is 1. The SMILES string of the molecule is CN1CCNCC1C(=O)c1ccc2[nH]c(=O)[nH]c2c1. The summed E-state index contributed by atoms with van der Waals surface area (Å²) >= 11 is 0. The number of piperazine rings is 1. The van der Waals surface area contributed by atoms with E-state index in [4.69, 9.17) is 0 Å². The highest BCUT2D eigenvalue weighted by molar-refractivity contribution is 6.02. The third kappa shape index (κ3) is 2.20. The summed E-state index contributed by atoms with van der Waals surface area (Å²) in [5, 5.41) is 3.23. The summed E-state index contributed by atoms with van der Waals surface area (Å²) < 4.78 is 0. The molecule has 1 aromatic carbocycles. The maximum atomic E-state index is 12.5. The van der Waals surface area contributed by atoms with Crippen molar-refractivity contribution in [2.45, 2.75) is 6.04 Å². The topological polar surface area (TPSA) is 81.0 Å². The molecule has 1 aliphatic rings. The Morgan fingerprint density at radius 2 is 2.11 bits per heavy atom. The summed E-state index contributed by atoms with van der Waals surface area (Å²) in [6.45, 7) is 2.43.